The summed E-state index contributed by atoms with van der Waals surface area (Å²) in [4.78, 5) is 22.8. The van der Waals surface area contributed by atoms with Crippen LogP contribution in [0, 0.1) is 38.7 Å². The molecule has 1 aliphatic heterocycles. The van der Waals surface area contributed by atoms with E-state index in [1.807, 2.05) is 41.5 Å². The largest absolute Gasteiger partial charge is 1.00 e. The monoisotopic (exact) mass is 634 g/mol. The molecule has 1 aromatic rings. The molecule has 2 rings (SSSR count). The van der Waals surface area contributed by atoms with Crippen LogP contribution in [-0.2, 0) is 4.79 Å². The molecule has 1 fully saturated rings. The molecule has 250 valence electrons. The summed E-state index contributed by atoms with van der Waals surface area (Å²) in [5, 5.41) is 16.1. The Kier molecular flexibility index (Phi) is 60.8. The molecule has 0 radical (unpaired) electrons. The normalized spacial score (nSPS) is 11.3. The number of nitrogens with one attached hydrogen (secondary N) is 4. The van der Waals surface area contributed by atoms with Gasteiger partial charge in [-0.25, -0.2) is 4.39 Å². The molecular formula is C35H68FKN4O2-2. The van der Waals surface area contributed by atoms with E-state index in [1.54, 1.807) is 33.8 Å². The number of anilines is 1. The van der Waals surface area contributed by atoms with Crippen molar-refractivity contribution in [3.05, 3.63) is 55.7 Å². The van der Waals surface area contributed by atoms with Crippen LogP contribution in [0.15, 0.2) is 18.2 Å². The Morgan fingerprint density at radius 2 is 1.56 bits per heavy atom. The first-order valence-electron chi connectivity index (χ1n) is 15.6. The average Bonchev–Trinajstić information content (AvgIpc) is 3.54. The molecule has 1 aliphatic rings. The van der Waals surface area contributed by atoms with Crippen LogP contribution in [0.5, 0.6) is 0 Å². The third-order valence-corrected chi connectivity index (χ3v) is 4.77. The Morgan fingerprint density at radius 1 is 1.07 bits per heavy atom. The number of ketones is 1. The van der Waals surface area contributed by atoms with Gasteiger partial charge in [-0.15, -0.1) is 5.71 Å². The standard InChI is InChI=1S/C13H16FN2O.C8H16N2O.C4H10.C3H5.3C2H6.CH3.K/c1-4-12(17)13-8(2)5-10(6-11(13)14)16-7-9(3)15;1-2-5-10-8(11)7-4-3-6-9-7;1-3-4-2;1-3-2;3*1-2;;/h5-7,15-16H,4H2,1-3H3;7,9H,2-6H2,1H3,(H,10,11);3-4H2,1-2H3;1,3H,2H3;3*1-2H3;1H3;/q-1;;;-1;;;;-1;+1. The quantitative estimate of drug-likeness (QED) is 0.102. The number of halogens is 1. The number of aryl methyl sites for hydroxylation is 1. The predicted octanol–water partition coefficient (Wildman–Crippen LogP) is 6.94. The molecule has 1 saturated heterocycles. The molecule has 0 saturated carbocycles. The summed E-state index contributed by atoms with van der Waals surface area (Å²) < 4.78 is 13.7. The molecule has 1 atom stereocenters. The number of hydrogen-bond acceptors (Lipinski definition) is 5. The predicted molar refractivity (Wildman–Crippen MR) is 187 cm³/mol. The summed E-state index contributed by atoms with van der Waals surface area (Å²) >= 11 is 0. The van der Waals surface area contributed by atoms with Gasteiger partial charge in [0.05, 0.1) is 11.6 Å². The molecule has 1 aromatic carbocycles. The van der Waals surface area contributed by atoms with E-state index in [0.29, 0.717) is 17.0 Å². The van der Waals surface area contributed by atoms with Crippen LogP contribution < -0.4 is 67.3 Å². The second kappa shape index (κ2) is 45.4. The van der Waals surface area contributed by atoms with Gasteiger partial charge in [-0.05, 0) is 50.4 Å². The van der Waals surface area contributed by atoms with Gasteiger partial charge >= 0.3 is 51.4 Å². The van der Waals surface area contributed by atoms with Crippen molar-refractivity contribution >= 4 is 23.1 Å². The van der Waals surface area contributed by atoms with E-state index in [2.05, 4.69) is 36.7 Å². The number of carbonyl (C=O) groups is 2. The molecule has 1 unspecified atom stereocenters. The van der Waals surface area contributed by atoms with E-state index in [-0.39, 0.29) is 88.5 Å². The molecule has 0 spiro atoms. The SMILES string of the molecule is CC.CC.CC.CCC(=O)c1c(C)cc(N[CH-]C(C)=N)cc1F.CCCC.CCCNC(=O)C1CCCN1.[CH-]=CC.[CH3-].[K+]. The Morgan fingerprint density at radius 3 is 1.88 bits per heavy atom. The van der Waals surface area contributed by atoms with Gasteiger partial charge in [0.25, 0.3) is 0 Å². The van der Waals surface area contributed by atoms with Gasteiger partial charge in [-0.2, -0.15) is 0 Å². The number of rotatable bonds is 9. The van der Waals surface area contributed by atoms with Crippen molar-refractivity contribution in [3.63, 3.8) is 0 Å². The van der Waals surface area contributed by atoms with E-state index < -0.39 is 5.82 Å². The summed E-state index contributed by atoms with van der Waals surface area (Å²) in [7, 11) is 0. The molecule has 1 heterocycles. The Bertz CT molecular complexity index is 743. The van der Waals surface area contributed by atoms with Crippen LogP contribution in [-0.4, -0.2) is 36.5 Å². The fourth-order valence-electron chi connectivity index (χ4n) is 2.83. The maximum atomic E-state index is 13.7. The van der Waals surface area contributed by atoms with Gasteiger partial charge in [0.2, 0.25) is 5.91 Å². The van der Waals surface area contributed by atoms with Crippen molar-refractivity contribution in [3.8, 4) is 0 Å². The summed E-state index contributed by atoms with van der Waals surface area (Å²) in [6, 6.07) is 3.06. The molecule has 8 heteroatoms. The number of unbranched alkanes of at least 4 members (excludes halogenated alkanes) is 1. The van der Waals surface area contributed by atoms with E-state index in [4.69, 9.17) is 12.0 Å². The molecule has 43 heavy (non-hydrogen) atoms. The zero-order chi connectivity index (χ0) is 33.2. The first-order chi connectivity index (χ1) is 19.6. The van der Waals surface area contributed by atoms with E-state index in [9.17, 15) is 14.0 Å². The van der Waals surface area contributed by atoms with Crippen molar-refractivity contribution in [1.82, 2.24) is 10.6 Å². The number of Topliss-reactive ketones (excluding diaryl/α,β-unsaturated/α-hetero) is 1. The zero-order valence-electron chi connectivity index (χ0n) is 30.8. The van der Waals surface area contributed by atoms with Gasteiger partial charge in [-0.1, -0.05) is 95.9 Å². The second-order valence-corrected chi connectivity index (χ2v) is 8.17. The van der Waals surface area contributed by atoms with Crippen molar-refractivity contribution < 1.29 is 65.4 Å². The maximum absolute atomic E-state index is 13.7. The third kappa shape index (κ3) is 35.3. The molecular weight excluding hydrogens is 567 g/mol. The molecule has 4 N–H and O–H groups in total. The van der Waals surface area contributed by atoms with Gasteiger partial charge in [0, 0.05) is 18.7 Å². The van der Waals surface area contributed by atoms with Crippen LogP contribution >= 0.6 is 0 Å². The minimum atomic E-state index is -0.518. The maximum Gasteiger partial charge on any atom is 1.00 e. The number of hydrogen-bond donors (Lipinski definition) is 4. The zero-order valence-corrected chi connectivity index (χ0v) is 33.9. The molecule has 0 aliphatic carbocycles. The minimum absolute atomic E-state index is 0. The second-order valence-electron chi connectivity index (χ2n) is 8.17. The number of benzene rings is 1. The number of allylic oxidation sites excluding steroid dienone is 1. The van der Waals surface area contributed by atoms with Gasteiger partial charge in [0.15, 0.2) is 5.78 Å². The van der Waals surface area contributed by atoms with Crippen LogP contribution in [0.25, 0.3) is 0 Å². The molecule has 1 amide bonds. The van der Waals surface area contributed by atoms with Crippen LogP contribution in [0.3, 0.4) is 0 Å². The van der Waals surface area contributed by atoms with Crippen LogP contribution in [0.1, 0.15) is 138 Å². The van der Waals surface area contributed by atoms with Gasteiger partial charge in [-0.3, -0.25) is 22.2 Å². The summed E-state index contributed by atoms with van der Waals surface area (Å²) in [6.45, 7) is 33.2. The van der Waals surface area contributed by atoms with Crippen LogP contribution in [0.4, 0.5) is 10.1 Å². The van der Waals surface area contributed by atoms with Gasteiger partial charge in [0.1, 0.15) is 5.82 Å². The summed E-state index contributed by atoms with van der Waals surface area (Å²) in [5.41, 5.74) is 1.65. The molecule has 6 nitrogen and oxygen atoms in total. The fraction of sp³-hybridized carbons (Fsp3) is 0.629. The summed E-state index contributed by atoms with van der Waals surface area (Å²) in [5.74, 6) is -0.543. The van der Waals surface area contributed by atoms with Crippen molar-refractivity contribution in [2.45, 2.75) is 135 Å². The summed E-state index contributed by atoms with van der Waals surface area (Å²) in [6.07, 6.45) is 7.56. The van der Waals surface area contributed by atoms with E-state index >= 15 is 0 Å². The van der Waals surface area contributed by atoms with E-state index in [1.165, 1.54) is 31.5 Å². The fourth-order valence-corrected chi connectivity index (χ4v) is 2.83. The third-order valence-electron chi connectivity index (χ3n) is 4.77. The molecule has 0 bridgehead atoms. The molecule has 0 aromatic heterocycles. The van der Waals surface area contributed by atoms with E-state index in [0.717, 1.165) is 32.4 Å². The topological polar surface area (TPSA) is 94.1 Å². The van der Waals surface area contributed by atoms with Crippen LogP contribution in [0.2, 0.25) is 0 Å². The first-order valence-corrected chi connectivity index (χ1v) is 15.6. The smallest absolute Gasteiger partial charge is 0.518 e. The Balaban J connectivity index is -0.0000000862. The van der Waals surface area contributed by atoms with Crippen molar-refractivity contribution in [2.24, 2.45) is 0 Å². The minimum Gasteiger partial charge on any atom is -0.518 e. The average molecular weight is 635 g/mol. The van der Waals surface area contributed by atoms with Crippen molar-refractivity contribution in [1.29, 1.82) is 5.41 Å². The first kappa shape index (κ1) is 57.6. The number of carbonyl (C=O) groups excluding carboxylic acids is 2. The Hall–Kier alpha value is -1.03. The van der Waals surface area contributed by atoms with Gasteiger partial charge < -0.3 is 35.4 Å². The number of amides is 1. The van der Waals surface area contributed by atoms with Crippen molar-refractivity contribution in [2.75, 3.05) is 18.4 Å². The Labute approximate surface area is 310 Å².